The van der Waals surface area contributed by atoms with E-state index < -0.39 is 0 Å². The summed E-state index contributed by atoms with van der Waals surface area (Å²) in [5.41, 5.74) is 4.85. The zero-order chi connectivity index (χ0) is 21.0. The van der Waals surface area contributed by atoms with Gasteiger partial charge in [0, 0.05) is 62.0 Å². The molecule has 1 aliphatic heterocycles. The number of hydrogen-bond donors (Lipinski definition) is 1. The van der Waals surface area contributed by atoms with E-state index >= 15 is 0 Å². The van der Waals surface area contributed by atoms with Gasteiger partial charge in [0.05, 0.1) is 5.69 Å². The van der Waals surface area contributed by atoms with Crippen LogP contribution in [0.2, 0.25) is 0 Å². The minimum absolute atomic E-state index is 0.281. The Bertz CT molecular complexity index is 1150. The van der Waals surface area contributed by atoms with Crippen LogP contribution in [0.25, 0.3) is 22.5 Å². The first-order valence-electron chi connectivity index (χ1n) is 10.5. The van der Waals surface area contributed by atoms with Crippen LogP contribution in [0.15, 0.2) is 67.3 Å². The minimum Gasteiger partial charge on any atom is -0.488 e. The smallest absolute Gasteiger partial charge is 0.133 e. The van der Waals surface area contributed by atoms with Gasteiger partial charge in [-0.15, -0.1) is 0 Å². The fourth-order valence-corrected chi connectivity index (χ4v) is 3.53. The summed E-state index contributed by atoms with van der Waals surface area (Å²) in [5.74, 6) is 1.67. The van der Waals surface area contributed by atoms with Gasteiger partial charge in [0.2, 0.25) is 0 Å². The number of benzene rings is 1. The predicted molar refractivity (Wildman–Crippen MR) is 119 cm³/mol. The Balaban J connectivity index is 1.39. The molecule has 156 valence electrons. The van der Waals surface area contributed by atoms with Crippen LogP contribution in [0, 0.1) is 0 Å². The quantitative estimate of drug-likeness (QED) is 0.502. The van der Waals surface area contributed by atoms with E-state index in [2.05, 4.69) is 34.3 Å². The van der Waals surface area contributed by atoms with Gasteiger partial charge >= 0.3 is 0 Å². The number of hydrogen-bond acceptors (Lipinski definition) is 6. The molecule has 1 aromatic carbocycles. The van der Waals surface area contributed by atoms with E-state index in [9.17, 15) is 0 Å². The lowest BCUT2D eigenvalue weighted by Gasteiger charge is -2.27. The van der Waals surface area contributed by atoms with Crippen molar-refractivity contribution in [3.8, 4) is 28.3 Å². The average molecular weight is 412 g/mol. The molecule has 0 bridgehead atoms. The third-order valence-electron chi connectivity index (χ3n) is 5.33. The van der Waals surface area contributed by atoms with E-state index in [1.54, 1.807) is 6.20 Å². The molecule has 3 aromatic heterocycles. The van der Waals surface area contributed by atoms with E-state index in [1.807, 2.05) is 53.6 Å². The van der Waals surface area contributed by atoms with E-state index in [4.69, 9.17) is 14.8 Å². The summed E-state index contributed by atoms with van der Waals surface area (Å²) in [6, 6.07) is 14.1. The topological polar surface area (TPSA) is 77.8 Å². The molecule has 4 aromatic rings. The van der Waals surface area contributed by atoms with Crippen molar-refractivity contribution in [1.82, 2.24) is 30.0 Å². The molecule has 0 radical (unpaired) electrons. The zero-order valence-electron chi connectivity index (χ0n) is 17.4. The summed E-state index contributed by atoms with van der Waals surface area (Å²) >= 11 is 0. The average Bonchev–Trinajstić information content (AvgIpc) is 3.23. The van der Waals surface area contributed by atoms with Crippen LogP contribution >= 0.6 is 0 Å². The number of rotatable bonds is 7. The number of ether oxygens (including phenoxy) is 1. The van der Waals surface area contributed by atoms with Gasteiger partial charge in [0.15, 0.2) is 0 Å². The summed E-state index contributed by atoms with van der Waals surface area (Å²) in [7, 11) is 0. The summed E-state index contributed by atoms with van der Waals surface area (Å²) < 4.78 is 7.82. The first-order valence-corrected chi connectivity index (χ1v) is 10.5. The monoisotopic (exact) mass is 412 g/mol. The van der Waals surface area contributed by atoms with Crippen molar-refractivity contribution < 1.29 is 4.74 Å². The Morgan fingerprint density at radius 3 is 2.68 bits per heavy atom. The molecule has 7 nitrogen and oxygen atoms in total. The molecule has 5 rings (SSSR count). The fraction of sp³-hybridized carbons (Fsp3) is 0.250. The number of aryl methyl sites for hydroxylation is 1. The molecule has 0 unspecified atom stereocenters. The Morgan fingerprint density at radius 1 is 1.10 bits per heavy atom. The summed E-state index contributed by atoms with van der Waals surface area (Å²) in [6.45, 7) is 4.69. The SMILES string of the molecule is CCn1cc(-c2ccnc(Cc3ccc(OC4CNC4)cc3)n2)c(-c2cccnc2)n1. The normalized spacial score (nSPS) is 13.7. The molecule has 7 heteroatoms. The van der Waals surface area contributed by atoms with Crippen LogP contribution in [0.4, 0.5) is 0 Å². The van der Waals surface area contributed by atoms with Crippen LogP contribution in [-0.4, -0.2) is 43.9 Å². The lowest BCUT2D eigenvalue weighted by atomic mass is 10.1. The number of nitrogens with zero attached hydrogens (tertiary/aromatic N) is 5. The zero-order valence-corrected chi connectivity index (χ0v) is 17.4. The lowest BCUT2D eigenvalue weighted by Crippen LogP contribution is -2.50. The van der Waals surface area contributed by atoms with Crippen LogP contribution in [0.1, 0.15) is 18.3 Å². The van der Waals surface area contributed by atoms with E-state index in [1.165, 1.54) is 0 Å². The van der Waals surface area contributed by atoms with Gasteiger partial charge in [0.25, 0.3) is 0 Å². The Morgan fingerprint density at radius 2 is 1.97 bits per heavy atom. The molecule has 1 saturated heterocycles. The maximum absolute atomic E-state index is 5.89. The van der Waals surface area contributed by atoms with Gasteiger partial charge in [-0.25, -0.2) is 9.97 Å². The van der Waals surface area contributed by atoms with Crippen molar-refractivity contribution in [2.45, 2.75) is 26.0 Å². The molecule has 1 N–H and O–H groups in total. The Labute approximate surface area is 181 Å². The molecule has 1 fully saturated rings. The third-order valence-corrected chi connectivity index (χ3v) is 5.33. The molecular formula is C24H24N6O. The third kappa shape index (κ3) is 4.32. The number of nitrogens with one attached hydrogen (secondary N) is 1. The maximum Gasteiger partial charge on any atom is 0.133 e. The fourth-order valence-electron chi connectivity index (χ4n) is 3.53. The van der Waals surface area contributed by atoms with Crippen molar-refractivity contribution in [3.63, 3.8) is 0 Å². The van der Waals surface area contributed by atoms with Crippen LogP contribution in [0.5, 0.6) is 5.75 Å². The highest BCUT2D eigenvalue weighted by molar-refractivity contribution is 5.78. The molecule has 1 aliphatic rings. The van der Waals surface area contributed by atoms with Gasteiger partial charge in [-0.2, -0.15) is 5.10 Å². The van der Waals surface area contributed by atoms with E-state index in [0.717, 1.165) is 59.3 Å². The summed E-state index contributed by atoms with van der Waals surface area (Å²) in [6.07, 6.45) is 8.39. The van der Waals surface area contributed by atoms with Gasteiger partial charge in [-0.1, -0.05) is 12.1 Å². The second kappa shape index (κ2) is 8.65. The predicted octanol–water partition coefficient (Wildman–Crippen LogP) is 3.36. The van der Waals surface area contributed by atoms with Crippen molar-refractivity contribution in [1.29, 1.82) is 0 Å². The molecule has 0 saturated carbocycles. The largest absolute Gasteiger partial charge is 0.488 e. The van der Waals surface area contributed by atoms with E-state index in [0.29, 0.717) is 6.42 Å². The number of aromatic nitrogens is 5. The highest BCUT2D eigenvalue weighted by atomic mass is 16.5. The van der Waals surface area contributed by atoms with Gasteiger partial charge in [-0.05, 0) is 42.8 Å². The van der Waals surface area contributed by atoms with Gasteiger partial charge < -0.3 is 10.1 Å². The summed E-state index contributed by atoms with van der Waals surface area (Å²) in [4.78, 5) is 13.6. The first-order chi connectivity index (χ1) is 15.3. The molecule has 31 heavy (non-hydrogen) atoms. The minimum atomic E-state index is 0.281. The first kappa shape index (κ1) is 19.4. The maximum atomic E-state index is 5.89. The highest BCUT2D eigenvalue weighted by Crippen LogP contribution is 2.29. The van der Waals surface area contributed by atoms with Crippen LogP contribution in [-0.2, 0) is 13.0 Å². The van der Waals surface area contributed by atoms with Gasteiger partial charge in [-0.3, -0.25) is 9.67 Å². The van der Waals surface area contributed by atoms with E-state index in [-0.39, 0.29) is 6.10 Å². The van der Waals surface area contributed by atoms with Gasteiger partial charge in [0.1, 0.15) is 23.4 Å². The standard InChI is InChI=1S/C24H24N6O/c1-2-30-16-21(24(29-30)18-4-3-10-25-13-18)22-9-11-27-23(28-22)12-17-5-7-19(8-6-17)31-20-14-26-15-20/h3-11,13,16,20,26H,2,12,14-15H2,1H3. The highest BCUT2D eigenvalue weighted by Gasteiger charge is 2.18. The van der Waals surface area contributed by atoms with Crippen molar-refractivity contribution in [2.75, 3.05) is 13.1 Å². The molecular weight excluding hydrogens is 388 g/mol. The molecule has 0 aliphatic carbocycles. The van der Waals surface area contributed by atoms with Crippen molar-refractivity contribution in [2.24, 2.45) is 0 Å². The van der Waals surface area contributed by atoms with Crippen LogP contribution < -0.4 is 10.1 Å². The Hall–Kier alpha value is -3.58. The molecule has 0 atom stereocenters. The summed E-state index contributed by atoms with van der Waals surface area (Å²) in [5, 5.41) is 7.94. The molecule has 0 amide bonds. The Kier molecular flexibility index (Phi) is 5.41. The van der Waals surface area contributed by atoms with Crippen LogP contribution in [0.3, 0.4) is 0 Å². The lowest BCUT2D eigenvalue weighted by molar-refractivity contribution is 0.142. The van der Waals surface area contributed by atoms with Crippen molar-refractivity contribution >= 4 is 0 Å². The second-order valence-electron chi connectivity index (χ2n) is 7.57. The number of pyridine rings is 1. The van der Waals surface area contributed by atoms with Crippen molar-refractivity contribution in [3.05, 3.63) is 78.6 Å². The molecule has 4 heterocycles. The second-order valence-corrected chi connectivity index (χ2v) is 7.57. The molecule has 0 spiro atoms.